The molecule has 18 heteroatoms. The van der Waals surface area contributed by atoms with Crippen LogP contribution in [-0.4, -0.2) is 147 Å². The average Bonchev–Trinajstić information content (AvgIpc) is 4.06. The van der Waals surface area contributed by atoms with Crippen molar-refractivity contribution in [1.29, 1.82) is 0 Å². The Labute approximate surface area is 398 Å². The summed E-state index contributed by atoms with van der Waals surface area (Å²) in [5.74, 6) is 4.53. The molecule has 2 fully saturated rings. The first-order valence-corrected chi connectivity index (χ1v) is 23.2. The van der Waals surface area contributed by atoms with Gasteiger partial charge in [-0.3, -0.25) is 9.80 Å². The van der Waals surface area contributed by atoms with Crippen LogP contribution in [0.15, 0.2) is 97.3 Å². The Morgan fingerprint density at radius 3 is 1.26 bits per heavy atom. The summed E-state index contributed by atoms with van der Waals surface area (Å²) in [4.78, 5) is 9.68. The lowest BCUT2D eigenvalue weighted by Crippen LogP contribution is -2.46. The van der Waals surface area contributed by atoms with E-state index in [1.165, 1.54) is 11.1 Å². The quantitative estimate of drug-likeness (QED) is 0.0671. The third-order valence-corrected chi connectivity index (χ3v) is 12.1. The molecule has 0 amide bonds. The molecule has 2 aromatic heterocycles. The number of rotatable bonds is 25. The van der Waals surface area contributed by atoms with Gasteiger partial charge in [-0.05, 0) is 59.7 Å². The van der Waals surface area contributed by atoms with Gasteiger partial charge < -0.3 is 47.7 Å². The van der Waals surface area contributed by atoms with E-state index >= 15 is 0 Å². The zero-order valence-electron chi connectivity index (χ0n) is 39.7. The Kier molecular flexibility index (Phi) is 17.2. The lowest BCUT2D eigenvalue weighted by Gasteiger charge is -2.36. The van der Waals surface area contributed by atoms with Crippen molar-refractivity contribution in [3.05, 3.63) is 120 Å². The van der Waals surface area contributed by atoms with Gasteiger partial charge in [0.05, 0.1) is 91.7 Å². The van der Waals surface area contributed by atoms with Crippen LogP contribution in [0.25, 0.3) is 0 Å². The van der Waals surface area contributed by atoms with Gasteiger partial charge in [0, 0.05) is 65.4 Å². The predicted molar refractivity (Wildman–Crippen MR) is 257 cm³/mol. The largest absolute Gasteiger partial charge is 0.495 e. The maximum atomic E-state index is 6.10. The van der Waals surface area contributed by atoms with Crippen molar-refractivity contribution >= 4 is 11.4 Å². The van der Waals surface area contributed by atoms with Crippen molar-refractivity contribution < 1.29 is 37.9 Å². The molecule has 4 aromatic carbocycles. The molecular formula is C50H64N10O8. The van der Waals surface area contributed by atoms with Crippen LogP contribution in [0.1, 0.15) is 22.5 Å². The SMILES string of the molecule is COc1cc(CN2CCN(c3ccccc3OC)CC2)ccc1OCc1cn(CCOCCOCCn2cc(COc3ccc(CN4CCN(c5ccccc5OC)CC4)cc3OC)nn2)nn1. The predicted octanol–water partition coefficient (Wildman–Crippen LogP) is 5.44. The summed E-state index contributed by atoms with van der Waals surface area (Å²) >= 11 is 0. The Balaban J connectivity index is 0.671. The smallest absolute Gasteiger partial charge is 0.161 e. The van der Waals surface area contributed by atoms with Crippen LogP contribution in [0, 0.1) is 0 Å². The topological polar surface area (TPSA) is 148 Å². The number of nitrogens with zero attached hydrogens (tertiary/aromatic N) is 10. The second-order valence-electron chi connectivity index (χ2n) is 16.6. The lowest BCUT2D eigenvalue weighted by atomic mass is 10.1. The normalized spacial score (nSPS) is 14.5. The molecule has 0 saturated carbocycles. The Hall–Kier alpha value is -6.60. The van der Waals surface area contributed by atoms with Crippen molar-refractivity contribution in [2.24, 2.45) is 0 Å². The summed E-state index contributed by atoms with van der Waals surface area (Å²) in [7, 11) is 6.77. The average molecular weight is 933 g/mol. The zero-order chi connectivity index (χ0) is 46.9. The lowest BCUT2D eigenvalue weighted by molar-refractivity contribution is 0.0402. The molecule has 6 aromatic rings. The number of hydrogen-bond acceptors (Lipinski definition) is 16. The number of ether oxygens (including phenoxy) is 8. The summed E-state index contributed by atoms with van der Waals surface area (Å²) in [6, 6.07) is 28.6. The van der Waals surface area contributed by atoms with Crippen molar-refractivity contribution in [2.75, 3.05) is 117 Å². The molecule has 0 radical (unpaired) electrons. The maximum Gasteiger partial charge on any atom is 0.161 e. The first-order valence-electron chi connectivity index (χ1n) is 23.2. The molecule has 4 heterocycles. The van der Waals surface area contributed by atoms with Crippen molar-refractivity contribution in [1.82, 2.24) is 39.8 Å². The van der Waals surface area contributed by atoms with E-state index in [4.69, 9.17) is 37.9 Å². The summed E-state index contributed by atoms with van der Waals surface area (Å²) < 4.78 is 49.8. The highest BCUT2D eigenvalue weighted by Crippen LogP contribution is 2.33. The van der Waals surface area contributed by atoms with Gasteiger partial charge in [-0.15, -0.1) is 10.2 Å². The molecule has 0 atom stereocenters. The number of methoxy groups -OCH3 is 4. The second kappa shape index (κ2) is 24.4. The van der Waals surface area contributed by atoms with Gasteiger partial charge in [0.25, 0.3) is 0 Å². The van der Waals surface area contributed by atoms with Crippen molar-refractivity contribution in [3.63, 3.8) is 0 Å². The van der Waals surface area contributed by atoms with Crippen LogP contribution >= 0.6 is 0 Å². The molecule has 68 heavy (non-hydrogen) atoms. The second-order valence-corrected chi connectivity index (χ2v) is 16.6. The Bertz CT molecular complexity index is 2300. The molecule has 2 saturated heterocycles. The molecule has 0 N–H and O–H groups in total. The fourth-order valence-corrected chi connectivity index (χ4v) is 8.42. The van der Waals surface area contributed by atoms with Gasteiger partial charge >= 0.3 is 0 Å². The minimum absolute atomic E-state index is 0.268. The monoisotopic (exact) mass is 932 g/mol. The number of piperazine rings is 2. The Morgan fingerprint density at radius 1 is 0.441 bits per heavy atom. The van der Waals surface area contributed by atoms with Gasteiger partial charge in [0.15, 0.2) is 23.0 Å². The van der Waals surface area contributed by atoms with E-state index in [0.717, 1.165) is 88.3 Å². The van der Waals surface area contributed by atoms with E-state index in [1.54, 1.807) is 37.8 Å². The minimum Gasteiger partial charge on any atom is -0.495 e. The highest BCUT2D eigenvalue weighted by atomic mass is 16.5. The van der Waals surface area contributed by atoms with Crippen LogP contribution in [0.4, 0.5) is 11.4 Å². The van der Waals surface area contributed by atoms with E-state index in [-0.39, 0.29) is 13.2 Å². The fraction of sp³-hybridized carbons (Fsp3) is 0.440. The fourth-order valence-electron chi connectivity index (χ4n) is 8.42. The van der Waals surface area contributed by atoms with Crippen molar-refractivity contribution in [3.8, 4) is 34.5 Å². The van der Waals surface area contributed by atoms with Gasteiger partial charge in [0.1, 0.15) is 36.1 Å². The minimum atomic E-state index is 0.268. The molecule has 0 bridgehead atoms. The van der Waals surface area contributed by atoms with Crippen LogP contribution in [0.2, 0.25) is 0 Å². The molecule has 2 aliphatic rings. The number of aromatic nitrogens is 6. The standard InChI is InChI=1S/C50H64N10O8/c1-61-45-11-7-5-9-43(45)57-21-17-55(18-22-57)33-39-13-15-47(49(31-39)63-3)67-37-41-35-59(53-51-41)25-27-65-29-30-66-28-26-60-36-42(52-54-60)38-68-48-16-14-40(32-50(48)64-4)34-56-19-23-58(24-20-56)44-10-6-8-12-46(44)62-2/h5-16,31-32,35-36H,17-30,33-34,37-38H2,1-4H3. The third kappa shape index (κ3) is 13.1. The van der Waals surface area contributed by atoms with E-state index in [9.17, 15) is 0 Å². The summed E-state index contributed by atoms with van der Waals surface area (Å²) in [5, 5.41) is 17.0. The van der Waals surface area contributed by atoms with E-state index in [2.05, 4.69) is 88.8 Å². The molecular weight excluding hydrogens is 869 g/mol. The molecule has 18 nitrogen and oxygen atoms in total. The van der Waals surface area contributed by atoms with E-state index in [0.29, 0.717) is 73.9 Å². The number of anilines is 2. The molecule has 0 unspecified atom stereocenters. The maximum absolute atomic E-state index is 6.10. The highest BCUT2D eigenvalue weighted by molar-refractivity contribution is 5.59. The van der Waals surface area contributed by atoms with Crippen LogP contribution in [0.5, 0.6) is 34.5 Å². The van der Waals surface area contributed by atoms with Crippen molar-refractivity contribution in [2.45, 2.75) is 39.4 Å². The summed E-state index contributed by atoms with van der Waals surface area (Å²) in [6.07, 6.45) is 3.73. The first kappa shape index (κ1) is 47.9. The molecule has 362 valence electrons. The molecule has 0 aliphatic carbocycles. The highest BCUT2D eigenvalue weighted by Gasteiger charge is 2.22. The van der Waals surface area contributed by atoms with Crippen LogP contribution in [-0.2, 0) is 48.9 Å². The third-order valence-electron chi connectivity index (χ3n) is 12.1. The first-order chi connectivity index (χ1) is 33.5. The van der Waals surface area contributed by atoms with Crippen LogP contribution in [0.3, 0.4) is 0 Å². The molecule has 2 aliphatic heterocycles. The van der Waals surface area contributed by atoms with Gasteiger partial charge in [-0.2, -0.15) is 0 Å². The van der Waals surface area contributed by atoms with E-state index < -0.39 is 0 Å². The number of para-hydroxylation sites is 4. The number of hydrogen-bond donors (Lipinski definition) is 0. The van der Waals surface area contributed by atoms with E-state index in [1.807, 2.05) is 48.8 Å². The molecule has 8 rings (SSSR count). The Morgan fingerprint density at radius 2 is 0.853 bits per heavy atom. The molecule has 0 spiro atoms. The number of benzene rings is 4. The van der Waals surface area contributed by atoms with Gasteiger partial charge in [-0.1, -0.05) is 46.8 Å². The van der Waals surface area contributed by atoms with Crippen LogP contribution < -0.4 is 38.2 Å². The summed E-state index contributed by atoms with van der Waals surface area (Å²) in [5.41, 5.74) is 6.06. The van der Waals surface area contributed by atoms with Gasteiger partial charge in [-0.25, -0.2) is 9.36 Å². The summed E-state index contributed by atoms with van der Waals surface area (Å²) in [6.45, 7) is 12.8. The van der Waals surface area contributed by atoms with Gasteiger partial charge in [0.2, 0.25) is 0 Å². The zero-order valence-corrected chi connectivity index (χ0v) is 39.7.